The first-order valence-corrected chi connectivity index (χ1v) is 7.27. The van der Waals surface area contributed by atoms with Crippen LogP contribution in [0, 0.1) is 5.41 Å². The highest BCUT2D eigenvalue weighted by Crippen LogP contribution is 2.39. The zero-order valence-electron chi connectivity index (χ0n) is 12.9. The van der Waals surface area contributed by atoms with Crippen molar-refractivity contribution in [3.05, 3.63) is 29.8 Å². The molecule has 1 aromatic rings. The fraction of sp³-hybridized carbons (Fsp3) is 0.588. The van der Waals surface area contributed by atoms with Gasteiger partial charge in [-0.15, -0.1) is 0 Å². The lowest BCUT2D eigenvalue weighted by Crippen LogP contribution is -2.52. The minimum Gasteiger partial charge on any atom is -0.493 e. The Kier molecular flexibility index (Phi) is 3.92. The van der Waals surface area contributed by atoms with Crippen LogP contribution in [0.15, 0.2) is 24.3 Å². The van der Waals surface area contributed by atoms with Crippen LogP contribution >= 0.6 is 0 Å². The van der Waals surface area contributed by atoms with Gasteiger partial charge < -0.3 is 10.5 Å². The number of fused-ring (bicyclic) bond motifs is 1. The van der Waals surface area contributed by atoms with Crippen molar-refractivity contribution in [2.45, 2.75) is 52.0 Å². The Bertz CT molecular complexity index is 500. The molecule has 0 bridgehead atoms. The molecule has 0 spiro atoms. The molecular formula is C17H25NO2. The second kappa shape index (κ2) is 5.21. The smallest absolute Gasteiger partial charge is 0.140 e. The van der Waals surface area contributed by atoms with Gasteiger partial charge in [-0.05, 0) is 37.8 Å². The predicted molar refractivity (Wildman–Crippen MR) is 81.0 cm³/mol. The summed E-state index contributed by atoms with van der Waals surface area (Å²) in [7, 11) is 0. The number of ether oxygens (including phenoxy) is 1. The van der Waals surface area contributed by atoms with Gasteiger partial charge in [-0.2, -0.15) is 0 Å². The summed E-state index contributed by atoms with van der Waals surface area (Å²) >= 11 is 0. The van der Waals surface area contributed by atoms with Crippen LogP contribution in [0.25, 0.3) is 0 Å². The number of ketones is 1. The van der Waals surface area contributed by atoms with E-state index in [-0.39, 0.29) is 11.7 Å². The quantitative estimate of drug-likeness (QED) is 0.917. The van der Waals surface area contributed by atoms with E-state index in [2.05, 4.69) is 6.07 Å². The average Bonchev–Trinajstić information content (AvgIpc) is 2.37. The van der Waals surface area contributed by atoms with Gasteiger partial charge in [0.25, 0.3) is 0 Å². The van der Waals surface area contributed by atoms with Gasteiger partial charge in [0.05, 0.1) is 6.61 Å². The van der Waals surface area contributed by atoms with Gasteiger partial charge in [-0.3, -0.25) is 4.79 Å². The first-order valence-electron chi connectivity index (χ1n) is 7.27. The molecule has 0 aromatic heterocycles. The Morgan fingerprint density at radius 2 is 1.95 bits per heavy atom. The molecule has 0 saturated carbocycles. The molecule has 1 aromatic carbocycles. The van der Waals surface area contributed by atoms with Crippen LogP contribution in [-0.2, 0) is 4.79 Å². The minimum absolute atomic E-state index is 0.228. The van der Waals surface area contributed by atoms with Crippen molar-refractivity contribution in [3.8, 4) is 5.75 Å². The largest absolute Gasteiger partial charge is 0.493 e. The molecule has 0 radical (unpaired) electrons. The lowest BCUT2D eigenvalue weighted by Gasteiger charge is -2.38. The van der Waals surface area contributed by atoms with E-state index in [1.165, 1.54) is 0 Å². The maximum absolute atomic E-state index is 12.7. The molecule has 1 aliphatic heterocycles. The SMILES string of the molecule is CC(C)(N)C(C)(C)C(=O)CC1CCOc2ccccc21. The van der Waals surface area contributed by atoms with E-state index in [9.17, 15) is 4.79 Å². The van der Waals surface area contributed by atoms with Crippen LogP contribution in [0.2, 0.25) is 0 Å². The molecule has 110 valence electrons. The van der Waals surface area contributed by atoms with Crippen LogP contribution in [0.3, 0.4) is 0 Å². The Morgan fingerprint density at radius 3 is 2.60 bits per heavy atom. The van der Waals surface area contributed by atoms with Crippen LogP contribution in [-0.4, -0.2) is 17.9 Å². The second-order valence-corrected chi connectivity index (χ2v) is 6.85. The summed E-state index contributed by atoms with van der Waals surface area (Å²) in [4.78, 5) is 12.7. The van der Waals surface area contributed by atoms with Crippen LogP contribution in [0.4, 0.5) is 0 Å². The number of hydrogen-bond acceptors (Lipinski definition) is 3. The first-order chi connectivity index (χ1) is 9.23. The van der Waals surface area contributed by atoms with E-state index in [0.29, 0.717) is 13.0 Å². The predicted octanol–water partition coefficient (Wildman–Crippen LogP) is 3.28. The van der Waals surface area contributed by atoms with E-state index < -0.39 is 11.0 Å². The number of rotatable bonds is 4. The fourth-order valence-corrected chi connectivity index (χ4v) is 2.47. The lowest BCUT2D eigenvalue weighted by atomic mass is 9.69. The molecule has 3 heteroatoms. The number of carbonyl (C=O) groups excluding carboxylic acids is 1. The van der Waals surface area contributed by atoms with Crippen molar-refractivity contribution in [1.29, 1.82) is 0 Å². The fourth-order valence-electron chi connectivity index (χ4n) is 2.47. The number of hydrogen-bond donors (Lipinski definition) is 1. The monoisotopic (exact) mass is 275 g/mol. The third kappa shape index (κ3) is 2.73. The van der Waals surface area contributed by atoms with Gasteiger partial charge in [0.15, 0.2) is 0 Å². The molecule has 0 aliphatic carbocycles. The van der Waals surface area contributed by atoms with Crippen LogP contribution in [0.1, 0.15) is 52.0 Å². The van der Waals surface area contributed by atoms with Gasteiger partial charge in [-0.1, -0.05) is 32.0 Å². The number of Topliss-reactive ketones (excluding diaryl/α,β-unsaturated/α-hetero) is 1. The molecule has 0 fully saturated rings. The summed E-state index contributed by atoms with van der Waals surface area (Å²) in [6.45, 7) is 8.41. The molecule has 1 atom stereocenters. The van der Waals surface area contributed by atoms with Gasteiger partial charge in [0.1, 0.15) is 11.5 Å². The van der Waals surface area contributed by atoms with Crippen molar-refractivity contribution in [1.82, 2.24) is 0 Å². The summed E-state index contributed by atoms with van der Waals surface area (Å²) in [6, 6.07) is 8.01. The molecular weight excluding hydrogens is 250 g/mol. The molecule has 2 N–H and O–H groups in total. The molecule has 0 saturated heterocycles. The van der Waals surface area contributed by atoms with E-state index >= 15 is 0 Å². The highest BCUT2D eigenvalue weighted by molar-refractivity contribution is 5.86. The zero-order chi connectivity index (χ0) is 15.0. The first kappa shape index (κ1) is 15.0. The Labute approximate surface area is 121 Å². The van der Waals surface area contributed by atoms with E-state index in [1.54, 1.807) is 0 Å². The van der Waals surface area contributed by atoms with E-state index in [0.717, 1.165) is 17.7 Å². The van der Waals surface area contributed by atoms with Crippen molar-refractivity contribution in [2.24, 2.45) is 11.1 Å². The summed E-state index contributed by atoms with van der Waals surface area (Å²) in [6.07, 6.45) is 1.43. The van der Waals surface area contributed by atoms with Crippen molar-refractivity contribution >= 4 is 5.78 Å². The Hall–Kier alpha value is -1.35. The Balaban J connectivity index is 2.18. The van der Waals surface area contributed by atoms with Gasteiger partial charge in [0.2, 0.25) is 0 Å². The average molecular weight is 275 g/mol. The van der Waals surface area contributed by atoms with Gasteiger partial charge in [0, 0.05) is 17.4 Å². The minimum atomic E-state index is -0.528. The van der Waals surface area contributed by atoms with E-state index in [1.807, 2.05) is 45.9 Å². The van der Waals surface area contributed by atoms with Crippen LogP contribution < -0.4 is 10.5 Å². The van der Waals surface area contributed by atoms with Crippen molar-refractivity contribution in [2.75, 3.05) is 6.61 Å². The summed E-state index contributed by atoms with van der Waals surface area (Å²) < 4.78 is 5.65. The molecule has 0 amide bonds. The highest BCUT2D eigenvalue weighted by atomic mass is 16.5. The van der Waals surface area contributed by atoms with Crippen molar-refractivity contribution < 1.29 is 9.53 Å². The summed E-state index contributed by atoms with van der Waals surface area (Å²) in [5.41, 5.74) is 6.27. The Morgan fingerprint density at radius 1 is 1.30 bits per heavy atom. The molecule has 1 unspecified atom stereocenters. The topological polar surface area (TPSA) is 52.3 Å². The van der Waals surface area contributed by atoms with Crippen LogP contribution in [0.5, 0.6) is 5.75 Å². The van der Waals surface area contributed by atoms with Gasteiger partial charge in [-0.25, -0.2) is 0 Å². The standard InChI is InChI=1S/C17H25NO2/c1-16(2,17(3,4)18)15(19)11-12-9-10-20-14-8-6-5-7-13(12)14/h5-8,12H,9-11,18H2,1-4H3. The number of para-hydroxylation sites is 1. The summed E-state index contributed by atoms with van der Waals surface area (Å²) in [5, 5.41) is 0. The van der Waals surface area contributed by atoms with Gasteiger partial charge >= 0.3 is 0 Å². The normalized spacial score (nSPS) is 19.1. The highest BCUT2D eigenvalue weighted by Gasteiger charge is 2.41. The van der Waals surface area contributed by atoms with E-state index in [4.69, 9.17) is 10.5 Å². The molecule has 20 heavy (non-hydrogen) atoms. The maximum atomic E-state index is 12.7. The molecule has 2 rings (SSSR count). The molecule has 3 nitrogen and oxygen atoms in total. The third-order valence-electron chi connectivity index (χ3n) is 4.82. The van der Waals surface area contributed by atoms with Crippen molar-refractivity contribution in [3.63, 3.8) is 0 Å². The zero-order valence-corrected chi connectivity index (χ0v) is 12.9. The lowest BCUT2D eigenvalue weighted by molar-refractivity contribution is -0.130. The number of carbonyl (C=O) groups is 1. The number of nitrogens with two attached hydrogens (primary N) is 1. The molecule has 1 aliphatic rings. The summed E-state index contributed by atoms with van der Waals surface area (Å²) in [5.74, 6) is 1.39. The number of benzene rings is 1. The second-order valence-electron chi connectivity index (χ2n) is 6.85. The molecule has 1 heterocycles. The maximum Gasteiger partial charge on any atom is 0.140 e. The third-order valence-corrected chi connectivity index (χ3v) is 4.82.